The van der Waals surface area contributed by atoms with Gasteiger partial charge in [-0.1, -0.05) is 62.4 Å². The Morgan fingerprint density at radius 1 is 1.13 bits per heavy atom. The molecule has 3 aliphatic rings. The molecule has 0 aromatic heterocycles. The molecule has 1 saturated carbocycles. The average molecular weight is 407 g/mol. The van der Waals surface area contributed by atoms with Crippen molar-refractivity contribution in [2.24, 2.45) is 17.1 Å². The van der Waals surface area contributed by atoms with E-state index in [0.29, 0.717) is 19.6 Å². The molecule has 0 bridgehead atoms. The fourth-order valence-corrected chi connectivity index (χ4v) is 6.30. The van der Waals surface area contributed by atoms with E-state index in [-0.39, 0.29) is 35.4 Å². The van der Waals surface area contributed by atoms with Gasteiger partial charge in [-0.2, -0.15) is 0 Å². The molecule has 0 radical (unpaired) electrons. The number of likely N-dealkylation sites (tertiary alicyclic amines) is 1. The van der Waals surface area contributed by atoms with Crippen LogP contribution in [0.3, 0.4) is 0 Å². The van der Waals surface area contributed by atoms with Crippen LogP contribution in [0.2, 0.25) is 0 Å². The molecule has 1 aliphatic heterocycles. The number of nitrogens with two attached hydrogens (primary N) is 1. The molecule has 158 valence electrons. The monoisotopic (exact) mass is 406 g/mol. The predicted octanol–water partition coefficient (Wildman–Crippen LogP) is 3.74. The molecule has 1 saturated heterocycles. The van der Waals surface area contributed by atoms with Gasteiger partial charge in [0.05, 0.1) is 6.10 Å². The van der Waals surface area contributed by atoms with Crippen molar-refractivity contribution in [1.82, 2.24) is 4.90 Å². The van der Waals surface area contributed by atoms with Crippen LogP contribution in [0, 0.1) is 11.3 Å². The number of benzene rings is 2. The Morgan fingerprint density at radius 3 is 2.27 bits per heavy atom. The molecule has 2 fully saturated rings. The maximum Gasteiger partial charge on any atom is 0.410 e. The first-order valence-corrected chi connectivity index (χ1v) is 11.0. The van der Waals surface area contributed by atoms with Gasteiger partial charge in [0.15, 0.2) is 0 Å². The summed E-state index contributed by atoms with van der Waals surface area (Å²) >= 11 is 0. The Hall–Kier alpha value is -2.37. The van der Waals surface area contributed by atoms with Crippen molar-refractivity contribution >= 4 is 6.09 Å². The van der Waals surface area contributed by atoms with Crippen LogP contribution in [0.5, 0.6) is 0 Å². The van der Waals surface area contributed by atoms with E-state index in [1.807, 2.05) is 17.0 Å². The van der Waals surface area contributed by atoms with Gasteiger partial charge in [-0.25, -0.2) is 4.79 Å². The minimum Gasteiger partial charge on any atom is -0.448 e. The number of carbonyl (C=O) groups is 1. The number of aliphatic hydroxyl groups is 1. The van der Waals surface area contributed by atoms with Crippen LogP contribution < -0.4 is 5.73 Å². The van der Waals surface area contributed by atoms with Gasteiger partial charge in [0, 0.05) is 30.0 Å². The van der Waals surface area contributed by atoms with E-state index in [4.69, 9.17) is 10.5 Å². The van der Waals surface area contributed by atoms with E-state index >= 15 is 0 Å². The van der Waals surface area contributed by atoms with E-state index in [2.05, 4.69) is 50.2 Å². The van der Waals surface area contributed by atoms with Gasteiger partial charge < -0.3 is 20.5 Å². The summed E-state index contributed by atoms with van der Waals surface area (Å²) in [6.45, 7) is 5.22. The largest absolute Gasteiger partial charge is 0.448 e. The number of carbonyl (C=O) groups excluding carboxylic acids is 1. The Morgan fingerprint density at radius 2 is 1.73 bits per heavy atom. The molecule has 2 aromatic rings. The van der Waals surface area contributed by atoms with Gasteiger partial charge in [0.25, 0.3) is 0 Å². The van der Waals surface area contributed by atoms with Crippen LogP contribution in [0.1, 0.15) is 43.7 Å². The molecule has 1 heterocycles. The molecule has 1 amide bonds. The summed E-state index contributed by atoms with van der Waals surface area (Å²) in [5, 5.41) is 10.2. The Balaban J connectivity index is 1.31. The summed E-state index contributed by atoms with van der Waals surface area (Å²) in [7, 11) is 0. The van der Waals surface area contributed by atoms with Crippen molar-refractivity contribution in [2.75, 3.05) is 13.2 Å². The molecular formula is C25H30N2O3. The molecule has 5 heteroatoms. The highest BCUT2D eigenvalue weighted by molar-refractivity contribution is 5.79. The molecule has 3 N–H and O–H groups in total. The first-order chi connectivity index (χ1) is 14.4. The number of amides is 1. The zero-order valence-electron chi connectivity index (χ0n) is 17.6. The summed E-state index contributed by atoms with van der Waals surface area (Å²) < 4.78 is 5.87. The maximum absolute atomic E-state index is 13.0. The highest BCUT2D eigenvalue weighted by Gasteiger charge is 2.60. The Bertz CT molecular complexity index is 917. The molecular weight excluding hydrogens is 376 g/mol. The summed E-state index contributed by atoms with van der Waals surface area (Å²) in [6.07, 6.45) is 0.709. The normalized spacial score (nSPS) is 29.8. The first-order valence-electron chi connectivity index (χ1n) is 11.0. The number of ether oxygens (including phenoxy) is 1. The number of hydrogen-bond donors (Lipinski definition) is 2. The van der Waals surface area contributed by atoms with E-state index in [1.165, 1.54) is 22.3 Å². The van der Waals surface area contributed by atoms with Crippen molar-refractivity contribution in [3.63, 3.8) is 0 Å². The summed E-state index contributed by atoms with van der Waals surface area (Å²) in [5.74, 6) is 0.354. The second-order valence-electron chi connectivity index (χ2n) is 9.62. The highest BCUT2D eigenvalue weighted by Crippen LogP contribution is 2.53. The molecule has 2 aliphatic carbocycles. The van der Waals surface area contributed by atoms with Crippen LogP contribution in [-0.4, -0.2) is 47.4 Å². The van der Waals surface area contributed by atoms with Gasteiger partial charge >= 0.3 is 6.09 Å². The van der Waals surface area contributed by atoms with E-state index in [1.54, 1.807) is 0 Å². The third kappa shape index (κ3) is 2.87. The average Bonchev–Trinajstić information content (AvgIpc) is 3.20. The fraction of sp³-hybridized carbons (Fsp3) is 0.480. The number of hydrogen-bond acceptors (Lipinski definition) is 4. The fourth-order valence-electron chi connectivity index (χ4n) is 6.30. The molecule has 1 spiro atoms. The topological polar surface area (TPSA) is 75.8 Å². The maximum atomic E-state index is 13.0. The second kappa shape index (κ2) is 7.10. The number of fused-ring (bicyclic) bond motifs is 3. The quantitative estimate of drug-likeness (QED) is 0.814. The minimum atomic E-state index is -0.476. The third-order valence-corrected chi connectivity index (χ3v) is 7.40. The van der Waals surface area contributed by atoms with Gasteiger partial charge in [-0.05, 0) is 41.0 Å². The summed E-state index contributed by atoms with van der Waals surface area (Å²) in [4.78, 5) is 14.9. The smallest absolute Gasteiger partial charge is 0.410 e. The molecule has 4 atom stereocenters. The van der Waals surface area contributed by atoms with Crippen LogP contribution in [-0.2, 0) is 4.74 Å². The van der Waals surface area contributed by atoms with Gasteiger partial charge in [-0.3, -0.25) is 0 Å². The van der Waals surface area contributed by atoms with Crippen molar-refractivity contribution in [3.8, 4) is 11.1 Å². The van der Waals surface area contributed by atoms with Crippen molar-refractivity contribution in [3.05, 3.63) is 59.7 Å². The van der Waals surface area contributed by atoms with Crippen molar-refractivity contribution in [2.45, 2.75) is 50.8 Å². The molecule has 5 nitrogen and oxygen atoms in total. The molecule has 2 aromatic carbocycles. The van der Waals surface area contributed by atoms with Crippen molar-refractivity contribution < 1.29 is 14.6 Å². The number of rotatable bonds is 3. The summed E-state index contributed by atoms with van der Waals surface area (Å²) in [5.41, 5.74) is 10.9. The van der Waals surface area contributed by atoms with E-state index in [0.717, 1.165) is 6.42 Å². The number of aliphatic hydroxyl groups excluding tert-OH is 1. The van der Waals surface area contributed by atoms with Crippen LogP contribution in [0.15, 0.2) is 48.5 Å². The molecule has 2 unspecified atom stereocenters. The highest BCUT2D eigenvalue weighted by atomic mass is 16.6. The lowest BCUT2D eigenvalue weighted by molar-refractivity contribution is -0.0869. The zero-order chi connectivity index (χ0) is 21.0. The standard InChI is InChI=1S/C25H30N2O3/c1-15(2)23-25(11-21(26)22(28)12-25)14-27(23)24(29)30-13-20-18-9-5-3-7-16(18)17-8-4-6-10-19(17)20/h3-10,15,20-23,28H,11-14,26H2,1-2H3/t21-,22-,23?,25?/m1/s1. The predicted molar refractivity (Wildman–Crippen MR) is 116 cm³/mol. The van der Waals surface area contributed by atoms with E-state index < -0.39 is 6.10 Å². The van der Waals surface area contributed by atoms with Crippen LogP contribution in [0.4, 0.5) is 4.79 Å². The minimum absolute atomic E-state index is 0.0656. The van der Waals surface area contributed by atoms with Gasteiger partial charge in [-0.15, -0.1) is 0 Å². The van der Waals surface area contributed by atoms with E-state index in [9.17, 15) is 9.90 Å². The number of nitrogens with zero attached hydrogens (tertiary/aromatic N) is 1. The lowest BCUT2D eigenvalue weighted by Crippen LogP contribution is -2.67. The lowest BCUT2D eigenvalue weighted by atomic mass is 9.66. The van der Waals surface area contributed by atoms with Crippen LogP contribution >= 0.6 is 0 Å². The van der Waals surface area contributed by atoms with Crippen LogP contribution in [0.25, 0.3) is 11.1 Å². The molecule has 5 rings (SSSR count). The molecule has 30 heavy (non-hydrogen) atoms. The SMILES string of the molecule is CC(C)C1N(C(=O)OCC2c3ccccc3-c3ccccc32)CC12C[C@@H](N)[C@H](O)C2. The zero-order valence-corrected chi connectivity index (χ0v) is 17.6. The van der Waals surface area contributed by atoms with Gasteiger partial charge in [0.2, 0.25) is 0 Å². The van der Waals surface area contributed by atoms with Gasteiger partial charge in [0.1, 0.15) is 6.61 Å². The van der Waals surface area contributed by atoms with Crippen molar-refractivity contribution in [1.29, 1.82) is 0 Å². The summed E-state index contributed by atoms with van der Waals surface area (Å²) in [6, 6.07) is 16.6. The first kappa shape index (κ1) is 19.6. The third-order valence-electron chi connectivity index (χ3n) is 7.40. The Labute approximate surface area is 177 Å². The lowest BCUT2D eigenvalue weighted by Gasteiger charge is -2.57. The Kier molecular flexibility index (Phi) is 4.64. The second-order valence-corrected chi connectivity index (χ2v) is 9.62.